The molecule has 0 aliphatic heterocycles. The predicted octanol–water partition coefficient (Wildman–Crippen LogP) is 2.69. The number of hydrogen-bond donors (Lipinski definition) is 3. The number of nitriles is 1. The van der Waals surface area contributed by atoms with Gasteiger partial charge in [-0.2, -0.15) is 5.26 Å². The zero-order valence-corrected chi connectivity index (χ0v) is 11.9. The highest BCUT2D eigenvalue weighted by molar-refractivity contribution is 5.89. The molecule has 2 rings (SSSR count). The van der Waals surface area contributed by atoms with Crippen LogP contribution in [0.2, 0.25) is 0 Å². The van der Waals surface area contributed by atoms with Gasteiger partial charge in [-0.05, 0) is 30.3 Å². The molecule has 1 atom stereocenters. The van der Waals surface area contributed by atoms with Crippen LogP contribution in [0.15, 0.2) is 42.5 Å². The molecule has 0 saturated heterocycles. The van der Waals surface area contributed by atoms with Gasteiger partial charge in [-0.25, -0.2) is 13.6 Å². The minimum Gasteiger partial charge on any atom is -0.386 e. The molecule has 0 radical (unpaired) electrons. The Kier molecular flexibility index (Phi) is 5.23. The number of halogens is 2. The van der Waals surface area contributed by atoms with Gasteiger partial charge in [0.15, 0.2) is 0 Å². The lowest BCUT2D eigenvalue weighted by Crippen LogP contribution is -2.32. The summed E-state index contributed by atoms with van der Waals surface area (Å²) >= 11 is 0. The van der Waals surface area contributed by atoms with E-state index in [1.807, 2.05) is 6.07 Å². The number of rotatable bonds is 4. The van der Waals surface area contributed by atoms with Crippen LogP contribution < -0.4 is 10.6 Å². The van der Waals surface area contributed by atoms with Crippen molar-refractivity contribution < 1.29 is 18.7 Å². The number of aliphatic hydroxyl groups excluding tert-OH is 1. The molecule has 7 heteroatoms. The lowest BCUT2D eigenvalue weighted by Gasteiger charge is -2.13. The first-order chi connectivity index (χ1) is 11.0. The van der Waals surface area contributed by atoms with Crippen molar-refractivity contribution in [2.24, 2.45) is 0 Å². The van der Waals surface area contributed by atoms with E-state index < -0.39 is 23.8 Å². The SMILES string of the molecule is N#Cc1ccc(NC(=O)NC[C@H](O)c2ccc(F)cc2F)cc1. The number of aliphatic hydroxyl groups is 1. The Morgan fingerprint density at radius 2 is 1.91 bits per heavy atom. The van der Waals surface area contributed by atoms with Crippen LogP contribution in [0.4, 0.5) is 19.3 Å². The highest BCUT2D eigenvalue weighted by atomic mass is 19.1. The Bertz CT molecular complexity index is 742. The van der Waals surface area contributed by atoms with E-state index in [-0.39, 0.29) is 12.1 Å². The number of nitrogens with zero attached hydrogens (tertiary/aromatic N) is 1. The van der Waals surface area contributed by atoms with E-state index in [0.717, 1.165) is 12.1 Å². The molecule has 23 heavy (non-hydrogen) atoms. The summed E-state index contributed by atoms with van der Waals surface area (Å²) in [6.45, 7) is -0.245. The normalized spacial score (nSPS) is 11.4. The topological polar surface area (TPSA) is 85.2 Å². The fourth-order valence-electron chi connectivity index (χ4n) is 1.87. The lowest BCUT2D eigenvalue weighted by molar-refractivity contribution is 0.170. The van der Waals surface area contributed by atoms with Gasteiger partial charge in [-0.1, -0.05) is 6.07 Å². The second-order valence-corrected chi connectivity index (χ2v) is 4.71. The molecule has 3 N–H and O–H groups in total. The standard InChI is InChI=1S/C16H13F2N3O2/c17-11-3-6-13(14(18)7-11)15(22)9-20-16(23)21-12-4-1-10(8-19)2-5-12/h1-7,15,22H,9H2,(H2,20,21,23)/t15-/m0/s1. The second-order valence-electron chi connectivity index (χ2n) is 4.71. The summed E-state index contributed by atoms with van der Waals surface area (Å²) in [5.74, 6) is -1.63. The molecule has 2 aromatic carbocycles. The van der Waals surface area contributed by atoms with Crippen molar-refractivity contribution >= 4 is 11.7 Å². The quantitative estimate of drug-likeness (QED) is 0.810. The van der Waals surface area contributed by atoms with E-state index in [1.165, 1.54) is 0 Å². The maximum Gasteiger partial charge on any atom is 0.319 e. The molecular formula is C16H13F2N3O2. The maximum absolute atomic E-state index is 13.5. The minimum absolute atomic E-state index is 0.106. The fraction of sp³-hybridized carbons (Fsp3) is 0.125. The summed E-state index contributed by atoms with van der Waals surface area (Å²) in [5, 5.41) is 23.4. The molecular weight excluding hydrogens is 304 g/mol. The monoisotopic (exact) mass is 317 g/mol. The Morgan fingerprint density at radius 3 is 2.52 bits per heavy atom. The summed E-state index contributed by atoms with van der Waals surface area (Å²) in [5.41, 5.74) is 0.812. The Labute approximate surface area is 131 Å². The predicted molar refractivity (Wildman–Crippen MR) is 79.5 cm³/mol. The molecule has 0 saturated carbocycles. The van der Waals surface area contributed by atoms with Gasteiger partial charge >= 0.3 is 6.03 Å². The molecule has 0 bridgehead atoms. The summed E-state index contributed by atoms with van der Waals surface area (Å²) in [6.07, 6.45) is -1.30. The second kappa shape index (κ2) is 7.33. The molecule has 0 aromatic heterocycles. The van der Waals surface area contributed by atoms with Crippen LogP contribution in [0, 0.1) is 23.0 Å². The van der Waals surface area contributed by atoms with Gasteiger partial charge in [0.2, 0.25) is 0 Å². The summed E-state index contributed by atoms with van der Waals surface area (Å²) in [6, 6.07) is 10.3. The van der Waals surface area contributed by atoms with Crippen LogP contribution in [0.25, 0.3) is 0 Å². The molecule has 0 unspecified atom stereocenters. The van der Waals surface area contributed by atoms with E-state index in [4.69, 9.17) is 5.26 Å². The van der Waals surface area contributed by atoms with Crippen LogP contribution in [0.1, 0.15) is 17.2 Å². The van der Waals surface area contributed by atoms with E-state index in [0.29, 0.717) is 17.3 Å². The van der Waals surface area contributed by atoms with Crippen LogP contribution in [0.3, 0.4) is 0 Å². The number of carbonyl (C=O) groups is 1. The van der Waals surface area contributed by atoms with Crippen LogP contribution in [0.5, 0.6) is 0 Å². The molecule has 0 heterocycles. The van der Waals surface area contributed by atoms with Crippen LogP contribution >= 0.6 is 0 Å². The van der Waals surface area contributed by atoms with Gasteiger partial charge in [0.1, 0.15) is 11.6 Å². The molecule has 2 aromatic rings. The number of anilines is 1. The van der Waals surface area contributed by atoms with Crippen molar-refractivity contribution in [1.82, 2.24) is 5.32 Å². The Hall–Kier alpha value is -2.98. The van der Waals surface area contributed by atoms with Crippen molar-refractivity contribution in [3.8, 4) is 6.07 Å². The summed E-state index contributed by atoms with van der Waals surface area (Å²) in [7, 11) is 0. The van der Waals surface area contributed by atoms with E-state index in [2.05, 4.69) is 10.6 Å². The number of benzene rings is 2. The molecule has 118 valence electrons. The van der Waals surface area contributed by atoms with E-state index in [1.54, 1.807) is 24.3 Å². The Morgan fingerprint density at radius 1 is 1.22 bits per heavy atom. The molecule has 0 fully saturated rings. The molecule has 2 amide bonds. The number of hydrogen-bond acceptors (Lipinski definition) is 3. The molecule has 0 aliphatic carbocycles. The maximum atomic E-state index is 13.5. The smallest absolute Gasteiger partial charge is 0.319 e. The van der Waals surface area contributed by atoms with Crippen LogP contribution in [-0.4, -0.2) is 17.7 Å². The number of urea groups is 1. The zero-order chi connectivity index (χ0) is 16.8. The van der Waals surface area contributed by atoms with Crippen molar-refractivity contribution in [3.05, 3.63) is 65.2 Å². The number of nitrogens with one attached hydrogen (secondary N) is 2. The van der Waals surface area contributed by atoms with Gasteiger partial charge in [0.05, 0.1) is 17.7 Å². The minimum atomic E-state index is -1.30. The van der Waals surface area contributed by atoms with Crippen molar-refractivity contribution in [1.29, 1.82) is 5.26 Å². The van der Waals surface area contributed by atoms with Crippen molar-refractivity contribution in [2.75, 3.05) is 11.9 Å². The lowest BCUT2D eigenvalue weighted by atomic mass is 10.1. The first-order valence-corrected chi connectivity index (χ1v) is 6.67. The van der Waals surface area contributed by atoms with Gasteiger partial charge in [-0.3, -0.25) is 0 Å². The van der Waals surface area contributed by atoms with Gasteiger partial charge in [-0.15, -0.1) is 0 Å². The first kappa shape index (κ1) is 16.4. The van der Waals surface area contributed by atoms with Crippen LogP contribution in [-0.2, 0) is 0 Å². The van der Waals surface area contributed by atoms with E-state index in [9.17, 15) is 18.7 Å². The van der Waals surface area contributed by atoms with Crippen molar-refractivity contribution in [2.45, 2.75) is 6.10 Å². The van der Waals surface area contributed by atoms with E-state index >= 15 is 0 Å². The number of amides is 2. The van der Waals surface area contributed by atoms with Gasteiger partial charge in [0.25, 0.3) is 0 Å². The highest BCUT2D eigenvalue weighted by Crippen LogP contribution is 2.17. The Balaban J connectivity index is 1.89. The third-order valence-electron chi connectivity index (χ3n) is 3.05. The average Bonchev–Trinajstić information content (AvgIpc) is 2.53. The molecule has 5 nitrogen and oxygen atoms in total. The zero-order valence-electron chi connectivity index (χ0n) is 11.9. The van der Waals surface area contributed by atoms with Gasteiger partial charge in [0, 0.05) is 23.9 Å². The number of carbonyl (C=O) groups excluding carboxylic acids is 1. The van der Waals surface area contributed by atoms with Crippen molar-refractivity contribution in [3.63, 3.8) is 0 Å². The molecule has 0 aliphatic rings. The average molecular weight is 317 g/mol. The largest absolute Gasteiger partial charge is 0.386 e. The van der Waals surface area contributed by atoms with Gasteiger partial charge < -0.3 is 15.7 Å². The molecule has 0 spiro atoms. The third kappa shape index (κ3) is 4.49. The third-order valence-corrected chi connectivity index (χ3v) is 3.05. The fourth-order valence-corrected chi connectivity index (χ4v) is 1.87. The summed E-state index contributed by atoms with van der Waals surface area (Å²) < 4.78 is 26.3. The highest BCUT2D eigenvalue weighted by Gasteiger charge is 2.14. The summed E-state index contributed by atoms with van der Waals surface area (Å²) in [4.78, 5) is 11.7. The first-order valence-electron chi connectivity index (χ1n) is 6.67.